The summed E-state index contributed by atoms with van der Waals surface area (Å²) in [5.74, 6) is -2.09. The van der Waals surface area contributed by atoms with E-state index in [9.17, 15) is 9.18 Å². The van der Waals surface area contributed by atoms with Gasteiger partial charge in [-0.1, -0.05) is 17.7 Å². The number of hydrogen-bond donors (Lipinski definition) is 1. The molecule has 1 aliphatic heterocycles. The van der Waals surface area contributed by atoms with Gasteiger partial charge in [-0.05, 0) is 24.1 Å². The standard InChI is InChI=1S/C11H10ClFO3/c12-8-2-1-6(5-9(8)13)10-7(11(14)15)3-4-16-10/h1-2,5,7,10H,3-4H2,(H,14,15)/t7-,10+/m1/s1. The largest absolute Gasteiger partial charge is 0.481 e. The van der Waals surface area contributed by atoms with E-state index in [1.807, 2.05) is 0 Å². The van der Waals surface area contributed by atoms with Crippen LogP contribution in [0, 0.1) is 11.7 Å². The van der Waals surface area contributed by atoms with Crippen LogP contribution in [0.3, 0.4) is 0 Å². The summed E-state index contributed by atoms with van der Waals surface area (Å²) in [4.78, 5) is 10.9. The van der Waals surface area contributed by atoms with Crippen LogP contribution in [0.15, 0.2) is 18.2 Å². The monoisotopic (exact) mass is 244 g/mol. The summed E-state index contributed by atoms with van der Waals surface area (Å²) < 4.78 is 18.5. The molecule has 0 spiro atoms. The van der Waals surface area contributed by atoms with Gasteiger partial charge in [0, 0.05) is 6.61 Å². The number of rotatable bonds is 2. The minimum absolute atomic E-state index is 0.0219. The number of carboxylic acid groups (broad SMARTS) is 1. The first-order valence-electron chi connectivity index (χ1n) is 4.89. The van der Waals surface area contributed by atoms with Gasteiger partial charge in [0.1, 0.15) is 5.82 Å². The van der Waals surface area contributed by atoms with Crippen molar-refractivity contribution in [3.8, 4) is 0 Å². The maximum absolute atomic E-state index is 13.2. The number of hydrogen-bond acceptors (Lipinski definition) is 2. The Balaban J connectivity index is 2.29. The lowest BCUT2D eigenvalue weighted by atomic mass is 9.95. The van der Waals surface area contributed by atoms with Gasteiger partial charge in [0.15, 0.2) is 0 Å². The fourth-order valence-corrected chi connectivity index (χ4v) is 1.98. The number of halogens is 2. The van der Waals surface area contributed by atoms with Gasteiger partial charge in [-0.2, -0.15) is 0 Å². The first kappa shape index (κ1) is 11.4. The van der Waals surface area contributed by atoms with Crippen LogP contribution in [0.1, 0.15) is 18.1 Å². The molecule has 86 valence electrons. The number of ether oxygens (including phenoxy) is 1. The van der Waals surface area contributed by atoms with Gasteiger partial charge in [-0.15, -0.1) is 0 Å². The summed E-state index contributed by atoms with van der Waals surface area (Å²) in [5, 5.41) is 8.99. The maximum Gasteiger partial charge on any atom is 0.309 e. The Kier molecular flexibility index (Phi) is 3.12. The molecule has 1 fully saturated rings. The molecule has 2 rings (SSSR count). The summed E-state index contributed by atoms with van der Waals surface area (Å²) >= 11 is 5.55. The van der Waals surface area contributed by atoms with Crippen molar-refractivity contribution in [1.29, 1.82) is 0 Å². The topological polar surface area (TPSA) is 46.5 Å². The van der Waals surface area contributed by atoms with Crippen molar-refractivity contribution in [1.82, 2.24) is 0 Å². The zero-order valence-corrected chi connectivity index (χ0v) is 9.08. The fourth-order valence-electron chi connectivity index (χ4n) is 1.86. The van der Waals surface area contributed by atoms with Crippen LogP contribution in [0.25, 0.3) is 0 Å². The summed E-state index contributed by atoms with van der Waals surface area (Å²) in [5.41, 5.74) is 0.520. The lowest BCUT2D eigenvalue weighted by molar-refractivity contribution is -0.143. The lowest BCUT2D eigenvalue weighted by Crippen LogP contribution is -2.17. The van der Waals surface area contributed by atoms with Gasteiger partial charge in [0.25, 0.3) is 0 Å². The Morgan fingerprint density at radius 2 is 2.31 bits per heavy atom. The van der Waals surface area contributed by atoms with E-state index in [-0.39, 0.29) is 5.02 Å². The Morgan fingerprint density at radius 1 is 1.56 bits per heavy atom. The third-order valence-corrected chi connectivity index (χ3v) is 2.99. The Morgan fingerprint density at radius 3 is 2.94 bits per heavy atom. The Hall–Kier alpha value is -1.13. The zero-order chi connectivity index (χ0) is 11.7. The van der Waals surface area contributed by atoms with Crippen LogP contribution in [-0.2, 0) is 9.53 Å². The molecule has 3 nitrogen and oxygen atoms in total. The summed E-state index contributed by atoms with van der Waals surface area (Å²) in [6, 6.07) is 4.23. The molecule has 0 radical (unpaired) electrons. The molecule has 5 heteroatoms. The van der Waals surface area contributed by atoms with Gasteiger partial charge in [-0.25, -0.2) is 4.39 Å². The average Bonchev–Trinajstić information content (AvgIpc) is 2.71. The van der Waals surface area contributed by atoms with Gasteiger partial charge >= 0.3 is 5.97 Å². The second-order valence-electron chi connectivity index (χ2n) is 3.70. The normalized spacial score (nSPS) is 24.6. The molecule has 1 aliphatic rings. The minimum Gasteiger partial charge on any atom is -0.481 e. The number of aliphatic carboxylic acids is 1. The van der Waals surface area contributed by atoms with Crippen LogP contribution >= 0.6 is 11.6 Å². The molecule has 0 aromatic heterocycles. The smallest absolute Gasteiger partial charge is 0.309 e. The summed E-state index contributed by atoms with van der Waals surface area (Å²) in [7, 11) is 0. The van der Waals surface area contributed by atoms with Crippen molar-refractivity contribution in [3.63, 3.8) is 0 Å². The van der Waals surface area contributed by atoms with Gasteiger partial charge < -0.3 is 9.84 Å². The molecule has 0 aliphatic carbocycles. The first-order valence-corrected chi connectivity index (χ1v) is 5.27. The molecular formula is C11H10ClFO3. The summed E-state index contributed by atoms with van der Waals surface area (Å²) in [6.45, 7) is 0.381. The second kappa shape index (κ2) is 4.39. The van der Waals surface area contributed by atoms with Crippen LogP contribution < -0.4 is 0 Å². The van der Waals surface area contributed by atoms with Crippen molar-refractivity contribution < 1.29 is 19.0 Å². The van der Waals surface area contributed by atoms with E-state index in [0.29, 0.717) is 18.6 Å². The van der Waals surface area contributed by atoms with Crippen molar-refractivity contribution in [2.24, 2.45) is 5.92 Å². The van der Waals surface area contributed by atoms with E-state index in [1.165, 1.54) is 12.1 Å². The molecule has 0 saturated carbocycles. The molecule has 0 amide bonds. The van der Waals surface area contributed by atoms with Crippen LogP contribution in [-0.4, -0.2) is 17.7 Å². The third kappa shape index (κ3) is 2.03. The van der Waals surface area contributed by atoms with Crippen molar-refractivity contribution in [3.05, 3.63) is 34.6 Å². The van der Waals surface area contributed by atoms with E-state index in [0.717, 1.165) is 0 Å². The quantitative estimate of drug-likeness (QED) is 0.870. The van der Waals surface area contributed by atoms with E-state index in [1.54, 1.807) is 6.07 Å². The highest BCUT2D eigenvalue weighted by Crippen LogP contribution is 2.35. The van der Waals surface area contributed by atoms with Crippen molar-refractivity contribution >= 4 is 17.6 Å². The molecular weight excluding hydrogens is 235 g/mol. The zero-order valence-electron chi connectivity index (χ0n) is 8.32. The van der Waals surface area contributed by atoms with Crippen LogP contribution in [0.5, 0.6) is 0 Å². The van der Waals surface area contributed by atoms with E-state index >= 15 is 0 Å². The number of benzene rings is 1. The van der Waals surface area contributed by atoms with Crippen molar-refractivity contribution in [2.75, 3.05) is 6.61 Å². The molecule has 1 aromatic carbocycles. The molecule has 1 N–H and O–H groups in total. The predicted molar refractivity (Wildman–Crippen MR) is 55.8 cm³/mol. The Bertz CT molecular complexity index is 422. The molecule has 2 atom stereocenters. The van der Waals surface area contributed by atoms with Crippen LogP contribution in [0.2, 0.25) is 5.02 Å². The molecule has 1 heterocycles. The fraction of sp³-hybridized carbons (Fsp3) is 0.364. The second-order valence-corrected chi connectivity index (χ2v) is 4.11. The highest BCUT2D eigenvalue weighted by molar-refractivity contribution is 6.30. The van der Waals surface area contributed by atoms with Crippen molar-refractivity contribution in [2.45, 2.75) is 12.5 Å². The SMILES string of the molecule is O=C(O)[C@@H]1CCO[C@H]1c1ccc(Cl)c(F)c1. The predicted octanol–water partition coefficient (Wildman–Crippen LogP) is 2.64. The Labute approximate surface area is 96.8 Å². The number of carbonyl (C=O) groups is 1. The highest BCUT2D eigenvalue weighted by Gasteiger charge is 2.35. The first-order chi connectivity index (χ1) is 7.59. The van der Waals surface area contributed by atoms with Crippen LogP contribution in [0.4, 0.5) is 4.39 Å². The summed E-state index contributed by atoms with van der Waals surface area (Å²) in [6.07, 6.45) is -0.131. The molecule has 1 saturated heterocycles. The average molecular weight is 245 g/mol. The highest BCUT2D eigenvalue weighted by atomic mass is 35.5. The minimum atomic E-state index is -0.919. The molecule has 16 heavy (non-hydrogen) atoms. The van der Waals surface area contributed by atoms with E-state index in [2.05, 4.69) is 0 Å². The van der Waals surface area contributed by atoms with Gasteiger partial charge in [-0.3, -0.25) is 4.79 Å². The lowest BCUT2D eigenvalue weighted by Gasteiger charge is -2.15. The third-order valence-electron chi connectivity index (χ3n) is 2.68. The molecule has 0 bridgehead atoms. The van der Waals surface area contributed by atoms with Gasteiger partial charge in [0.05, 0.1) is 17.0 Å². The molecule has 0 unspecified atom stereocenters. The van der Waals surface area contributed by atoms with E-state index < -0.39 is 23.8 Å². The number of carboxylic acids is 1. The van der Waals surface area contributed by atoms with Gasteiger partial charge in [0.2, 0.25) is 0 Å². The van der Waals surface area contributed by atoms with E-state index in [4.69, 9.17) is 21.4 Å². The maximum atomic E-state index is 13.2. The molecule has 1 aromatic rings.